The lowest BCUT2D eigenvalue weighted by molar-refractivity contribution is -0.120. The maximum absolute atomic E-state index is 12.9. The molecule has 1 N–H and O–H groups in total. The summed E-state index contributed by atoms with van der Waals surface area (Å²) in [6.07, 6.45) is 0. The molecule has 0 saturated carbocycles. The first-order chi connectivity index (χ1) is 12.4. The van der Waals surface area contributed by atoms with Gasteiger partial charge in [-0.3, -0.25) is 4.79 Å². The van der Waals surface area contributed by atoms with E-state index in [0.29, 0.717) is 22.9 Å². The first-order valence-corrected chi connectivity index (χ1v) is 8.13. The van der Waals surface area contributed by atoms with Crippen LogP contribution in [0, 0.1) is 0 Å². The van der Waals surface area contributed by atoms with Gasteiger partial charge in [0.15, 0.2) is 11.5 Å². The summed E-state index contributed by atoms with van der Waals surface area (Å²) in [5.74, 6) is 2.02. The number of amides is 1. The van der Waals surface area contributed by atoms with Crippen molar-refractivity contribution in [2.24, 2.45) is 0 Å². The Balaban J connectivity index is 2.30. The second-order valence-electron chi connectivity index (χ2n) is 6.22. The number of methoxy groups -OCH3 is 4. The van der Waals surface area contributed by atoms with Crippen molar-refractivity contribution in [1.29, 1.82) is 0 Å². The summed E-state index contributed by atoms with van der Waals surface area (Å²) < 4.78 is 21.1. The van der Waals surface area contributed by atoms with Crippen LogP contribution in [0.4, 0.5) is 5.69 Å². The number of carbonyl (C=O) groups excluding carboxylic acids is 1. The van der Waals surface area contributed by atoms with Crippen LogP contribution >= 0.6 is 0 Å². The quantitative estimate of drug-likeness (QED) is 0.818. The summed E-state index contributed by atoms with van der Waals surface area (Å²) in [7, 11) is 6.21. The molecule has 0 saturated heterocycles. The fourth-order valence-electron chi connectivity index (χ4n) is 2.58. The summed E-state index contributed by atoms with van der Waals surface area (Å²) in [5, 5.41) is 2.92. The highest BCUT2D eigenvalue weighted by atomic mass is 16.5. The third kappa shape index (κ3) is 3.85. The Labute approximate surface area is 154 Å². The molecule has 0 bridgehead atoms. The summed E-state index contributed by atoms with van der Waals surface area (Å²) >= 11 is 0. The Hall–Kier alpha value is -2.89. The Morgan fingerprint density at radius 2 is 1.38 bits per heavy atom. The Morgan fingerprint density at radius 1 is 0.846 bits per heavy atom. The molecule has 0 radical (unpaired) electrons. The van der Waals surface area contributed by atoms with E-state index in [4.69, 9.17) is 18.9 Å². The lowest BCUT2D eigenvalue weighted by Crippen LogP contribution is -2.34. The summed E-state index contributed by atoms with van der Waals surface area (Å²) in [5.41, 5.74) is 0.696. The molecule has 0 heterocycles. The number of ether oxygens (including phenoxy) is 4. The highest BCUT2D eigenvalue weighted by molar-refractivity contribution is 5.99. The van der Waals surface area contributed by atoms with E-state index in [9.17, 15) is 4.79 Å². The Kier molecular flexibility index (Phi) is 5.97. The predicted molar refractivity (Wildman–Crippen MR) is 101 cm³/mol. The van der Waals surface area contributed by atoms with Crippen molar-refractivity contribution in [1.82, 2.24) is 0 Å². The minimum atomic E-state index is -0.743. The molecular formula is C20H25NO5. The van der Waals surface area contributed by atoms with Crippen molar-refractivity contribution >= 4 is 11.6 Å². The molecule has 2 aromatic carbocycles. The monoisotopic (exact) mass is 359 g/mol. The van der Waals surface area contributed by atoms with Gasteiger partial charge in [-0.05, 0) is 31.5 Å². The largest absolute Gasteiger partial charge is 0.497 e. The van der Waals surface area contributed by atoms with Gasteiger partial charge < -0.3 is 24.3 Å². The smallest absolute Gasteiger partial charge is 0.234 e. The molecule has 0 atom stereocenters. The zero-order valence-electron chi connectivity index (χ0n) is 16.0. The van der Waals surface area contributed by atoms with Gasteiger partial charge in [0, 0.05) is 17.8 Å². The van der Waals surface area contributed by atoms with Crippen molar-refractivity contribution < 1.29 is 23.7 Å². The fraction of sp³-hybridized carbons (Fsp3) is 0.350. The van der Waals surface area contributed by atoms with Gasteiger partial charge in [-0.25, -0.2) is 0 Å². The first-order valence-electron chi connectivity index (χ1n) is 8.13. The molecule has 6 heteroatoms. The number of anilines is 1. The molecule has 1 amide bonds. The molecule has 2 aromatic rings. The topological polar surface area (TPSA) is 66.0 Å². The summed E-state index contributed by atoms with van der Waals surface area (Å²) in [6, 6.07) is 10.8. The van der Waals surface area contributed by atoms with E-state index in [0.717, 1.165) is 11.3 Å². The number of nitrogens with one attached hydrogen (secondary N) is 1. The van der Waals surface area contributed by atoms with Gasteiger partial charge in [0.1, 0.15) is 5.75 Å². The van der Waals surface area contributed by atoms with E-state index in [1.807, 2.05) is 38.1 Å². The molecule has 0 aliphatic rings. The Morgan fingerprint density at radius 3 is 1.81 bits per heavy atom. The van der Waals surface area contributed by atoms with Crippen LogP contribution in [0.25, 0.3) is 0 Å². The second-order valence-corrected chi connectivity index (χ2v) is 6.22. The molecule has 6 nitrogen and oxygen atoms in total. The fourth-order valence-corrected chi connectivity index (χ4v) is 2.58. The zero-order chi connectivity index (χ0) is 19.3. The van der Waals surface area contributed by atoms with Crippen molar-refractivity contribution in [2.45, 2.75) is 19.3 Å². The Bertz CT molecular complexity index is 743. The van der Waals surface area contributed by atoms with Crippen LogP contribution < -0.4 is 24.3 Å². The van der Waals surface area contributed by atoms with Gasteiger partial charge in [-0.1, -0.05) is 12.1 Å². The zero-order valence-corrected chi connectivity index (χ0v) is 16.0. The number of benzene rings is 2. The van der Waals surface area contributed by atoms with E-state index >= 15 is 0 Å². The minimum absolute atomic E-state index is 0.156. The maximum atomic E-state index is 12.9. The van der Waals surface area contributed by atoms with Crippen LogP contribution in [0.1, 0.15) is 19.4 Å². The molecule has 2 rings (SSSR count). The normalized spacial score (nSPS) is 10.8. The van der Waals surface area contributed by atoms with E-state index in [1.165, 1.54) is 21.3 Å². The van der Waals surface area contributed by atoms with Gasteiger partial charge in [-0.2, -0.15) is 0 Å². The highest BCUT2D eigenvalue weighted by Gasteiger charge is 2.30. The predicted octanol–water partition coefficient (Wildman–Crippen LogP) is 3.64. The molecule has 0 fully saturated rings. The minimum Gasteiger partial charge on any atom is -0.497 e. The molecule has 0 aliphatic heterocycles. The first kappa shape index (κ1) is 19.4. The maximum Gasteiger partial charge on any atom is 0.234 e. The molecule has 0 aromatic heterocycles. The lowest BCUT2D eigenvalue weighted by atomic mass is 9.83. The number of carbonyl (C=O) groups is 1. The van der Waals surface area contributed by atoms with Crippen LogP contribution in [0.2, 0.25) is 0 Å². The molecule has 26 heavy (non-hydrogen) atoms. The van der Waals surface area contributed by atoms with E-state index < -0.39 is 5.41 Å². The van der Waals surface area contributed by atoms with E-state index in [1.54, 1.807) is 19.2 Å². The molecular weight excluding hydrogens is 334 g/mol. The standard InChI is InChI=1S/C20H25NO5/c1-20(2,13-7-9-15(23-3)10-8-13)19(22)21-14-11-16(24-4)18(26-6)17(12-14)25-5/h7-12H,1-6H3,(H,21,22). The van der Waals surface area contributed by atoms with Gasteiger partial charge in [0.2, 0.25) is 11.7 Å². The SMILES string of the molecule is COc1ccc(C(C)(C)C(=O)Nc2cc(OC)c(OC)c(OC)c2)cc1. The van der Waals surface area contributed by atoms with Crippen LogP contribution in [-0.4, -0.2) is 34.3 Å². The van der Waals surface area contributed by atoms with Gasteiger partial charge in [-0.15, -0.1) is 0 Å². The van der Waals surface area contributed by atoms with Crippen LogP contribution in [0.5, 0.6) is 23.0 Å². The van der Waals surface area contributed by atoms with Crippen molar-refractivity contribution in [3.63, 3.8) is 0 Å². The van der Waals surface area contributed by atoms with E-state index in [-0.39, 0.29) is 5.91 Å². The van der Waals surface area contributed by atoms with Gasteiger partial charge in [0.25, 0.3) is 0 Å². The van der Waals surface area contributed by atoms with Crippen molar-refractivity contribution in [3.8, 4) is 23.0 Å². The average molecular weight is 359 g/mol. The van der Waals surface area contributed by atoms with Crippen molar-refractivity contribution in [3.05, 3.63) is 42.0 Å². The number of hydrogen-bond acceptors (Lipinski definition) is 5. The van der Waals surface area contributed by atoms with Crippen molar-refractivity contribution in [2.75, 3.05) is 33.8 Å². The summed E-state index contributed by atoms with van der Waals surface area (Å²) in [4.78, 5) is 12.9. The molecule has 0 spiro atoms. The van der Waals surface area contributed by atoms with E-state index in [2.05, 4.69) is 5.32 Å². The molecule has 0 aliphatic carbocycles. The third-order valence-electron chi connectivity index (χ3n) is 4.30. The van der Waals surface area contributed by atoms with Crippen LogP contribution in [-0.2, 0) is 10.2 Å². The number of hydrogen-bond donors (Lipinski definition) is 1. The lowest BCUT2D eigenvalue weighted by Gasteiger charge is -2.25. The summed E-state index contributed by atoms with van der Waals surface area (Å²) in [6.45, 7) is 3.73. The van der Waals surface area contributed by atoms with Gasteiger partial charge in [0.05, 0.1) is 33.9 Å². The van der Waals surface area contributed by atoms with Crippen LogP contribution in [0.15, 0.2) is 36.4 Å². The second kappa shape index (κ2) is 7.99. The third-order valence-corrected chi connectivity index (χ3v) is 4.30. The number of rotatable bonds is 7. The average Bonchev–Trinajstić information content (AvgIpc) is 2.66. The molecule has 0 unspecified atom stereocenters. The highest BCUT2D eigenvalue weighted by Crippen LogP contribution is 2.40. The van der Waals surface area contributed by atoms with Crippen LogP contribution in [0.3, 0.4) is 0 Å². The van der Waals surface area contributed by atoms with Gasteiger partial charge >= 0.3 is 0 Å². The molecule has 140 valence electrons.